The van der Waals surface area contributed by atoms with Crippen molar-refractivity contribution in [3.05, 3.63) is 23.8 Å². The Kier molecular flexibility index (Phi) is 3.24. The molecule has 1 heterocycles. The van der Waals surface area contributed by atoms with E-state index >= 15 is 0 Å². The lowest BCUT2D eigenvalue weighted by molar-refractivity contribution is 0.100. The standard InChI is InChI=1S/C11H15N3OS/c12-7-1-2-9(11(13)15)10(5-7)14-8-3-4-16-6-8/h1-2,5,8,14H,3-4,6,12H2,(H2,13,15). The van der Waals surface area contributed by atoms with Crippen molar-refractivity contribution in [2.75, 3.05) is 22.6 Å². The number of carbonyl (C=O) groups excluding carboxylic acids is 1. The largest absolute Gasteiger partial charge is 0.399 e. The molecule has 1 unspecified atom stereocenters. The van der Waals surface area contributed by atoms with Crippen molar-refractivity contribution in [2.24, 2.45) is 5.73 Å². The molecule has 1 atom stereocenters. The average molecular weight is 237 g/mol. The molecule has 2 rings (SSSR count). The van der Waals surface area contributed by atoms with Gasteiger partial charge in [-0.25, -0.2) is 0 Å². The van der Waals surface area contributed by atoms with Crippen molar-refractivity contribution in [1.82, 2.24) is 0 Å². The molecule has 0 aromatic heterocycles. The Morgan fingerprint density at radius 2 is 2.31 bits per heavy atom. The minimum atomic E-state index is -0.423. The zero-order valence-corrected chi connectivity index (χ0v) is 9.72. The molecular weight excluding hydrogens is 222 g/mol. The molecule has 1 aromatic rings. The molecule has 1 fully saturated rings. The Bertz CT molecular complexity index is 402. The van der Waals surface area contributed by atoms with E-state index in [-0.39, 0.29) is 0 Å². The van der Waals surface area contributed by atoms with Crippen molar-refractivity contribution in [3.8, 4) is 0 Å². The monoisotopic (exact) mass is 237 g/mol. The molecule has 1 saturated heterocycles. The summed E-state index contributed by atoms with van der Waals surface area (Å²) < 4.78 is 0. The molecule has 1 amide bonds. The predicted molar refractivity (Wildman–Crippen MR) is 68.7 cm³/mol. The van der Waals surface area contributed by atoms with Crippen molar-refractivity contribution in [1.29, 1.82) is 0 Å². The number of amides is 1. The number of carbonyl (C=O) groups is 1. The van der Waals surface area contributed by atoms with Crippen LogP contribution < -0.4 is 16.8 Å². The van der Waals surface area contributed by atoms with Gasteiger partial charge in [0.05, 0.1) is 5.56 Å². The van der Waals surface area contributed by atoms with Crippen LogP contribution in [0.25, 0.3) is 0 Å². The van der Waals surface area contributed by atoms with Gasteiger partial charge in [-0.3, -0.25) is 4.79 Å². The second kappa shape index (κ2) is 4.65. The number of nitrogens with two attached hydrogens (primary N) is 2. The normalized spacial score (nSPS) is 19.6. The summed E-state index contributed by atoms with van der Waals surface area (Å²) >= 11 is 1.91. The second-order valence-corrected chi connectivity index (χ2v) is 5.02. The topological polar surface area (TPSA) is 81.1 Å². The van der Waals surface area contributed by atoms with Crippen molar-refractivity contribution in [2.45, 2.75) is 12.5 Å². The number of rotatable bonds is 3. The first-order chi connectivity index (χ1) is 7.66. The van der Waals surface area contributed by atoms with E-state index in [0.29, 0.717) is 17.3 Å². The highest BCUT2D eigenvalue weighted by Crippen LogP contribution is 2.25. The van der Waals surface area contributed by atoms with Crippen molar-refractivity contribution >= 4 is 29.0 Å². The zero-order chi connectivity index (χ0) is 11.5. The van der Waals surface area contributed by atoms with Gasteiger partial charge < -0.3 is 16.8 Å². The van der Waals surface area contributed by atoms with Crippen LogP contribution in [0.3, 0.4) is 0 Å². The van der Waals surface area contributed by atoms with Crippen LogP contribution in [0.4, 0.5) is 11.4 Å². The summed E-state index contributed by atoms with van der Waals surface area (Å²) in [5.41, 5.74) is 12.9. The minimum Gasteiger partial charge on any atom is -0.399 e. The lowest BCUT2D eigenvalue weighted by Crippen LogP contribution is -2.22. The summed E-state index contributed by atoms with van der Waals surface area (Å²) in [6.07, 6.45) is 1.11. The van der Waals surface area contributed by atoms with Gasteiger partial charge in [0, 0.05) is 23.2 Å². The number of hydrogen-bond acceptors (Lipinski definition) is 4. The van der Waals surface area contributed by atoms with Crippen LogP contribution in [0, 0.1) is 0 Å². The summed E-state index contributed by atoms with van der Waals surface area (Å²) in [5.74, 6) is 1.80. The summed E-state index contributed by atoms with van der Waals surface area (Å²) in [5, 5.41) is 3.33. The predicted octanol–water partition coefficient (Wildman–Crippen LogP) is 1.29. The maximum atomic E-state index is 11.2. The highest BCUT2D eigenvalue weighted by Gasteiger charge is 2.17. The van der Waals surface area contributed by atoms with Gasteiger partial charge in [0.15, 0.2) is 0 Å². The molecule has 16 heavy (non-hydrogen) atoms. The van der Waals surface area contributed by atoms with E-state index < -0.39 is 5.91 Å². The molecule has 5 N–H and O–H groups in total. The molecular formula is C11H15N3OS. The van der Waals surface area contributed by atoms with E-state index in [1.807, 2.05) is 11.8 Å². The first-order valence-corrected chi connectivity index (χ1v) is 6.36. The molecule has 0 spiro atoms. The number of anilines is 2. The zero-order valence-electron chi connectivity index (χ0n) is 8.90. The molecule has 4 nitrogen and oxygen atoms in total. The van der Waals surface area contributed by atoms with E-state index in [1.54, 1.807) is 18.2 Å². The van der Waals surface area contributed by atoms with Gasteiger partial charge in [-0.1, -0.05) is 0 Å². The summed E-state index contributed by atoms with van der Waals surface area (Å²) in [7, 11) is 0. The van der Waals surface area contributed by atoms with Gasteiger partial charge in [0.2, 0.25) is 0 Å². The van der Waals surface area contributed by atoms with Gasteiger partial charge >= 0.3 is 0 Å². The molecule has 1 aliphatic rings. The fourth-order valence-corrected chi connectivity index (χ4v) is 2.92. The van der Waals surface area contributed by atoms with E-state index in [0.717, 1.165) is 23.6 Å². The fraction of sp³-hybridized carbons (Fsp3) is 0.364. The Morgan fingerprint density at radius 1 is 1.50 bits per heavy atom. The van der Waals surface area contributed by atoms with Crippen LogP contribution in [-0.2, 0) is 0 Å². The first kappa shape index (κ1) is 11.1. The highest BCUT2D eigenvalue weighted by molar-refractivity contribution is 7.99. The number of hydrogen-bond donors (Lipinski definition) is 3. The quantitative estimate of drug-likeness (QED) is 0.692. The number of nitrogens with one attached hydrogen (secondary N) is 1. The number of primary amides is 1. The lowest BCUT2D eigenvalue weighted by Gasteiger charge is -2.15. The maximum absolute atomic E-state index is 11.2. The summed E-state index contributed by atoms with van der Waals surface area (Å²) in [6.45, 7) is 0. The molecule has 5 heteroatoms. The average Bonchev–Trinajstić information content (AvgIpc) is 2.70. The van der Waals surface area contributed by atoms with Gasteiger partial charge in [0.1, 0.15) is 0 Å². The van der Waals surface area contributed by atoms with Crippen LogP contribution in [0.5, 0.6) is 0 Å². The van der Waals surface area contributed by atoms with E-state index in [2.05, 4.69) is 5.32 Å². The molecule has 1 aliphatic heterocycles. The van der Waals surface area contributed by atoms with Crippen LogP contribution >= 0.6 is 11.8 Å². The van der Waals surface area contributed by atoms with E-state index in [1.165, 1.54) is 0 Å². The number of nitrogen functional groups attached to an aromatic ring is 1. The number of thioether (sulfide) groups is 1. The van der Waals surface area contributed by atoms with Gasteiger partial charge in [-0.15, -0.1) is 0 Å². The summed E-state index contributed by atoms with van der Waals surface area (Å²) in [6, 6.07) is 5.53. The van der Waals surface area contributed by atoms with Crippen molar-refractivity contribution < 1.29 is 4.79 Å². The van der Waals surface area contributed by atoms with E-state index in [9.17, 15) is 4.79 Å². The van der Waals surface area contributed by atoms with Crippen molar-refractivity contribution in [3.63, 3.8) is 0 Å². The third-order valence-corrected chi connectivity index (χ3v) is 3.76. The Morgan fingerprint density at radius 3 is 2.94 bits per heavy atom. The van der Waals surface area contributed by atoms with Crippen LogP contribution in [0.2, 0.25) is 0 Å². The third-order valence-electron chi connectivity index (χ3n) is 2.60. The smallest absolute Gasteiger partial charge is 0.250 e. The lowest BCUT2D eigenvalue weighted by atomic mass is 10.1. The SMILES string of the molecule is NC(=O)c1ccc(N)cc1NC1CCSC1. The molecule has 0 saturated carbocycles. The molecule has 0 aliphatic carbocycles. The minimum absolute atomic E-state index is 0.407. The molecule has 1 aromatic carbocycles. The van der Waals surface area contributed by atoms with Crippen LogP contribution in [-0.4, -0.2) is 23.5 Å². The van der Waals surface area contributed by atoms with Crippen LogP contribution in [0.15, 0.2) is 18.2 Å². The second-order valence-electron chi connectivity index (χ2n) is 3.87. The highest BCUT2D eigenvalue weighted by atomic mass is 32.2. The van der Waals surface area contributed by atoms with Gasteiger partial charge in [-0.05, 0) is 30.4 Å². The number of benzene rings is 1. The third kappa shape index (κ3) is 2.41. The Hall–Kier alpha value is -1.36. The van der Waals surface area contributed by atoms with E-state index in [4.69, 9.17) is 11.5 Å². The van der Waals surface area contributed by atoms with Gasteiger partial charge in [-0.2, -0.15) is 11.8 Å². The van der Waals surface area contributed by atoms with Gasteiger partial charge in [0.25, 0.3) is 5.91 Å². The van der Waals surface area contributed by atoms with Crippen LogP contribution in [0.1, 0.15) is 16.8 Å². The fourth-order valence-electron chi connectivity index (χ4n) is 1.76. The molecule has 0 radical (unpaired) electrons. The first-order valence-electron chi connectivity index (χ1n) is 5.20. The Labute approximate surface area is 98.8 Å². The Balaban J connectivity index is 2.22. The molecule has 86 valence electrons. The molecule has 0 bridgehead atoms. The maximum Gasteiger partial charge on any atom is 0.250 e. The summed E-state index contributed by atoms with van der Waals surface area (Å²) in [4.78, 5) is 11.2.